The Balaban J connectivity index is 1.71. The fourth-order valence-corrected chi connectivity index (χ4v) is 4.77. The molecule has 0 saturated heterocycles. The molecule has 178 valence electrons. The molecule has 0 fully saturated rings. The lowest BCUT2D eigenvalue weighted by atomic mass is 10.2. The van der Waals surface area contributed by atoms with Gasteiger partial charge in [-0.1, -0.05) is 6.07 Å². The Labute approximate surface area is 203 Å². The van der Waals surface area contributed by atoms with E-state index < -0.39 is 17.5 Å². The van der Waals surface area contributed by atoms with Gasteiger partial charge in [0.25, 0.3) is 5.95 Å². The van der Waals surface area contributed by atoms with E-state index in [0.717, 1.165) is 11.3 Å². The third-order valence-corrected chi connectivity index (χ3v) is 6.70. The van der Waals surface area contributed by atoms with Gasteiger partial charge in [-0.3, -0.25) is 0 Å². The van der Waals surface area contributed by atoms with Crippen LogP contribution in [0.5, 0.6) is 11.5 Å². The van der Waals surface area contributed by atoms with Crippen LogP contribution in [0.25, 0.3) is 16.5 Å². The van der Waals surface area contributed by atoms with Crippen LogP contribution < -0.4 is 14.2 Å². The topological polar surface area (TPSA) is 143 Å². The predicted octanol–water partition coefficient (Wildman–Crippen LogP) is 2.62. The number of benzene rings is 1. The van der Waals surface area contributed by atoms with E-state index in [9.17, 15) is 9.66 Å². The molecule has 0 saturated carbocycles. The summed E-state index contributed by atoms with van der Waals surface area (Å²) in [6.07, 6.45) is 2.05. The Kier molecular flexibility index (Phi) is 7.26. The zero-order chi connectivity index (χ0) is 24.2. The molecule has 0 aliphatic carbocycles. The van der Waals surface area contributed by atoms with Crippen molar-refractivity contribution in [2.45, 2.75) is 20.0 Å². The number of aliphatic hydroxyl groups is 1. The van der Waals surface area contributed by atoms with Crippen LogP contribution in [0.15, 0.2) is 36.0 Å². The van der Waals surface area contributed by atoms with E-state index in [1.807, 2.05) is 19.2 Å². The van der Waals surface area contributed by atoms with Gasteiger partial charge in [0, 0.05) is 23.5 Å². The number of hydrogen-bond donors (Lipinski definition) is 2. The number of anilines is 1. The lowest BCUT2D eigenvalue weighted by Gasteiger charge is -2.18. The summed E-state index contributed by atoms with van der Waals surface area (Å²) in [5.74, 6) is 1.60. The van der Waals surface area contributed by atoms with Crippen LogP contribution in [0, 0.1) is 13.8 Å². The number of nitrogens with one attached hydrogen (secondary N) is 1. The Morgan fingerprint density at radius 1 is 1.15 bits per heavy atom. The normalized spacial score (nSPS) is 12.9. The Morgan fingerprint density at radius 3 is 2.41 bits per heavy atom. The summed E-state index contributed by atoms with van der Waals surface area (Å²) in [6, 6.07) is 5.34. The number of hydrogen-bond acceptors (Lipinski definition) is 11. The Morgan fingerprint density at radius 2 is 1.82 bits per heavy atom. The van der Waals surface area contributed by atoms with E-state index >= 15 is 0 Å². The average molecular weight is 502 g/mol. The molecular formula is C21H23N7O4S2. The molecule has 3 aromatic heterocycles. The Hall–Kier alpha value is -3.26. The largest absolute Gasteiger partial charge is 0.593 e. The first-order valence-electron chi connectivity index (χ1n) is 10.1. The monoisotopic (exact) mass is 501 g/mol. The maximum absolute atomic E-state index is 12.9. The molecule has 1 aromatic carbocycles. The van der Waals surface area contributed by atoms with Gasteiger partial charge in [0.15, 0.2) is 28.5 Å². The number of rotatable bonds is 9. The molecule has 2 atom stereocenters. The highest BCUT2D eigenvalue weighted by Gasteiger charge is 2.27. The van der Waals surface area contributed by atoms with Crippen LogP contribution in [0.4, 0.5) is 5.95 Å². The second kappa shape index (κ2) is 10.3. The second-order valence-electron chi connectivity index (χ2n) is 7.24. The number of thiazole rings is 1. The summed E-state index contributed by atoms with van der Waals surface area (Å²) in [5.41, 5.74) is 2.21. The van der Waals surface area contributed by atoms with Crippen LogP contribution in [0.1, 0.15) is 23.2 Å². The zero-order valence-corrected chi connectivity index (χ0v) is 20.6. The summed E-state index contributed by atoms with van der Waals surface area (Å²) in [5, 5.41) is 21.5. The molecule has 4 rings (SSSR count). The number of methoxy groups -OCH3 is 2. The van der Waals surface area contributed by atoms with Gasteiger partial charge >= 0.3 is 0 Å². The molecule has 4 aromatic rings. The van der Waals surface area contributed by atoms with Gasteiger partial charge in [-0.05, 0) is 31.5 Å². The fourth-order valence-electron chi connectivity index (χ4n) is 3.15. The standard InChI is InChI=1S/C21H23N7O4S2/c1-12-8-22-18(23-9-12)14(29)11-34(30)27-21-26-25-19(20-24-13(2)10-33-20)28(21)17-15(31-3)6-5-7-16(17)32-4/h5-10,14,29H,11H2,1-4H3,(H,26,27). The molecule has 34 heavy (non-hydrogen) atoms. The van der Waals surface area contributed by atoms with Crippen LogP contribution in [0.2, 0.25) is 0 Å². The molecule has 0 bridgehead atoms. The van der Waals surface area contributed by atoms with E-state index in [1.165, 1.54) is 11.3 Å². The molecule has 0 amide bonds. The van der Waals surface area contributed by atoms with Gasteiger partial charge in [-0.25, -0.2) is 19.5 Å². The molecular weight excluding hydrogens is 478 g/mol. The molecule has 2 N–H and O–H groups in total. The smallest absolute Gasteiger partial charge is 0.271 e. The van der Waals surface area contributed by atoms with Crippen LogP contribution in [0.3, 0.4) is 0 Å². The van der Waals surface area contributed by atoms with Crippen LogP contribution in [-0.4, -0.2) is 59.3 Å². The SMILES string of the molecule is COc1cccc(OC)c1-n1c(N[S+]([O-])CC(O)c2ncc(C)cn2)nnc1-c1nc(C)cs1. The molecule has 0 aliphatic heterocycles. The van der Waals surface area contributed by atoms with Crippen molar-refractivity contribution in [2.75, 3.05) is 24.7 Å². The van der Waals surface area contributed by atoms with Gasteiger partial charge < -0.3 is 19.1 Å². The van der Waals surface area contributed by atoms with Crippen LogP contribution in [-0.2, 0) is 11.4 Å². The highest BCUT2D eigenvalue weighted by atomic mass is 32.2. The highest BCUT2D eigenvalue weighted by molar-refractivity contribution is 7.92. The maximum atomic E-state index is 12.9. The van der Waals surface area contributed by atoms with Gasteiger partial charge in [0.1, 0.15) is 17.2 Å². The summed E-state index contributed by atoms with van der Waals surface area (Å²) in [6.45, 7) is 3.73. The van der Waals surface area contributed by atoms with Crippen molar-refractivity contribution in [2.24, 2.45) is 0 Å². The van der Waals surface area contributed by atoms with Crippen molar-refractivity contribution in [3.05, 3.63) is 53.1 Å². The van der Waals surface area contributed by atoms with E-state index in [-0.39, 0.29) is 17.5 Å². The van der Waals surface area contributed by atoms with E-state index in [1.54, 1.807) is 49.4 Å². The van der Waals surface area contributed by atoms with Crippen molar-refractivity contribution < 1.29 is 19.1 Å². The van der Waals surface area contributed by atoms with Gasteiger partial charge in [-0.15, -0.1) is 21.5 Å². The number of ether oxygens (including phenoxy) is 2. The quantitative estimate of drug-likeness (QED) is 0.328. The number of nitrogens with zero attached hydrogens (tertiary/aromatic N) is 6. The minimum absolute atomic E-state index is 0.162. The first-order valence-corrected chi connectivity index (χ1v) is 12.3. The van der Waals surface area contributed by atoms with Crippen molar-refractivity contribution in [3.8, 4) is 28.0 Å². The second-order valence-corrected chi connectivity index (χ2v) is 9.32. The number of aliphatic hydroxyl groups excluding tert-OH is 1. The third kappa shape index (κ3) is 4.97. The lowest BCUT2D eigenvalue weighted by molar-refractivity contribution is 0.191. The average Bonchev–Trinajstić information content (AvgIpc) is 3.44. The number of aryl methyl sites for hydroxylation is 2. The third-order valence-electron chi connectivity index (χ3n) is 4.71. The number of aromatic nitrogens is 6. The first-order chi connectivity index (χ1) is 16.4. The molecule has 11 nitrogen and oxygen atoms in total. The highest BCUT2D eigenvalue weighted by Crippen LogP contribution is 2.38. The van der Waals surface area contributed by atoms with E-state index in [0.29, 0.717) is 28.0 Å². The summed E-state index contributed by atoms with van der Waals surface area (Å²) >= 11 is -0.345. The molecule has 13 heteroatoms. The van der Waals surface area contributed by atoms with Gasteiger partial charge in [0.2, 0.25) is 0 Å². The van der Waals surface area contributed by atoms with Crippen molar-refractivity contribution in [1.29, 1.82) is 0 Å². The minimum atomic E-state index is -1.75. The summed E-state index contributed by atoms with van der Waals surface area (Å²) in [4.78, 5) is 12.7. The Bertz CT molecular complexity index is 1240. The van der Waals surface area contributed by atoms with Crippen molar-refractivity contribution in [1.82, 2.24) is 29.7 Å². The zero-order valence-electron chi connectivity index (χ0n) is 18.9. The fraction of sp³-hybridized carbons (Fsp3) is 0.286. The van der Waals surface area contributed by atoms with Crippen LogP contribution >= 0.6 is 11.3 Å². The van der Waals surface area contributed by atoms with E-state index in [2.05, 4.69) is 29.9 Å². The molecule has 0 radical (unpaired) electrons. The molecule has 0 spiro atoms. The van der Waals surface area contributed by atoms with Crippen molar-refractivity contribution >= 4 is 28.6 Å². The summed E-state index contributed by atoms with van der Waals surface area (Å²) < 4.78 is 28.5. The lowest BCUT2D eigenvalue weighted by Crippen LogP contribution is -2.24. The number of para-hydroxylation sites is 1. The molecule has 0 aliphatic rings. The molecule has 3 heterocycles. The summed E-state index contributed by atoms with van der Waals surface area (Å²) in [7, 11) is 3.08. The predicted molar refractivity (Wildman–Crippen MR) is 129 cm³/mol. The molecule has 2 unspecified atom stereocenters. The minimum Gasteiger partial charge on any atom is -0.593 e. The van der Waals surface area contributed by atoms with E-state index in [4.69, 9.17) is 9.47 Å². The van der Waals surface area contributed by atoms with Crippen molar-refractivity contribution in [3.63, 3.8) is 0 Å². The first kappa shape index (κ1) is 23.9. The van der Waals surface area contributed by atoms with Gasteiger partial charge in [0.05, 0.1) is 25.6 Å². The maximum Gasteiger partial charge on any atom is 0.271 e. The van der Waals surface area contributed by atoms with Gasteiger partial charge in [-0.2, -0.15) is 4.72 Å².